The Morgan fingerprint density at radius 3 is 1.08 bits per heavy atom. The monoisotopic (exact) mass is 998 g/mol. The number of allylic oxidation sites excluding steroid dienone is 6. The summed E-state index contributed by atoms with van der Waals surface area (Å²) in [6.45, 7) is 4.93. The van der Waals surface area contributed by atoms with Gasteiger partial charge >= 0.3 is 5.97 Å². The van der Waals surface area contributed by atoms with Gasteiger partial charge in [0.2, 0.25) is 5.91 Å². The maximum Gasteiger partial charge on any atom is 0.305 e. The van der Waals surface area contributed by atoms with Crippen LogP contribution in [0.5, 0.6) is 0 Å². The molecule has 3 N–H and O–H groups in total. The van der Waals surface area contributed by atoms with Gasteiger partial charge in [-0.2, -0.15) is 0 Å². The third-order valence-corrected chi connectivity index (χ3v) is 14.7. The summed E-state index contributed by atoms with van der Waals surface area (Å²) in [5.41, 5.74) is 0. The van der Waals surface area contributed by atoms with Gasteiger partial charge in [-0.15, -0.1) is 0 Å². The minimum Gasteiger partial charge on any atom is -0.466 e. The van der Waals surface area contributed by atoms with Gasteiger partial charge in [-0.25, -0.2) is 0 Å². The van der Waals surface area contributed by atoms with Crippen molar-refractivity contribution >= 4 is 11.9 Å². The van der Waals surface area contributed by atoms with Crippen molar-refractivity contribution in [3.05, 3.63) is 36.5 Å². The lowest BCUT2D eigenvalue weighted by Gasteiger charge is -2.22. The SMILES string of the molecule is CCCCCCCC/C=C\CCCCCCCCCCCC(=O)OCCCCC/C=C\C=C/CCCCCCCCCCCCC(=O)NC(CO)C(O)CCCCCCCCCCCCCCCCCC. The number of aliphatic hydroxyl groups excluding tert-OH is 2. The van der Waals surface area contributed by atoms with Crippen molar-refractivity contribution in [2.24, 2.45) is 0 Å². The Hall–Kier alpha value is -1.92. The Morgan fingerprint density at radius 1 is 0.394 bits per heavy atom. The molecule has 0 bridgehead atoms. The predicted molar refractivity (Wildman–Crippen MR) is 310 cm³/mol. The van der Waals surface area contributed by atoms with E-state index >= 15 is 0 Å². The van der Waals surface area contributed by atoms with E-state index in [1.165, 1.54) is 238 Å². The summed E-state index contributed by atoms with van der Waals surface area (Å²) in [4.78, 5) is 24.6. The number of carbonyl (C=O) groups is 2. The van der Waals surface area contributed by atoms with Crippen molar-refractivity contribution in [3.63, 3.8) is 0 Å². The Labute approximate surface area is 443 Å². The first-order valence-corrected chi connectivity index (χ1v) is 31.8. The van der Waals surface area contributed by atoms with Gasteiger partial charge in [0.15, 0.2) is 0 Å². The third-order valence-electron chi connectivity index (χ3n) is 14.7. The van der Waals surface area contributed by atoms with Crippen LogP contribution < -0.4 is 5.32 Å². The van der Waals surface area contributed by atoms with Crippen LogP contribution in [0.25, 0.3) is 0 Å². The highest BCUT2D eigenvalue weighted by Gasteiger charge is 2.20. The van der Waals surface area contributed by atoms with Gasteiger partial charge in [0.25, 0.3) is 0 Å². The molecule has 2 unspecified atom stereocenters. The van der Waals surface area contributed by atoms with Crippen molar-refractivity contribution < 1.29 is 24.5 Å². The lowest BCUT2D eigenvalue weighted by atomic mass is 10.0. The third kappa shape index (κ3) is 57.2. The van der Waals surface area contributed by atoms with E-state index in [2.05, 4.69) is 55.6 Å². The van der Waals surface area contributed by atoms with E-state index in [1.807, 2.05) is 0 Å². The first-order chi connectivity index (χ1) is 35.0. The average Bonchev–Trinajstić information content (AvgIpc) is 3.37. The van der Waals surface area contributed by atoms with E-state index in [0.717, 1.165) is 70.6 Å². The number of rotatable bonds is 59. The molecule has 0 rings (SSSR count). The molecule has 0 saturated carbocycles. The molecule has 0 aliphatic rings. The standard InChI is InChI=1S/C65H123NO5/c1-3-5-7-9-11-13-15-17-19-21-23-27-31-35-39-43-47-51-55-59-65(70)71-60-56-52-48-44-40-36-32-28-25-22-24-26-30-34-38-42-46-50-54-58-64(69)66-62(61-67)63(68)57-53-49-45-41-37-33-29-20-18-16-14-12-10-8-6-4-2/h17,19,28,32,36,40,62-63,67-68H,3-16,18,20-27,29-31,33-35,37-39,41-61H2,1-2H3,(H,66,69)/b19-17-,32-28-,40-36-. The highest BCUT2D eigenvalue weighted by molar-refractivity contribution is 5.76. The second kappa shape index (κ2) is 60.6. The molecule has 0 aromatic rings. The van der Waals surface area contributed by atoms with Crippen LogP contribution >= 0.6 is 0 Å². The molecule has 6 heteroatoms. The van der Waals surface area contributed by atoms with Crippen molar-refractivity contribution in [2.45, 2.75) is 353 Å². The molecule has 6 nitrogen and oxygen atoms in total. The first-order valence-electron chi connectivity index (χ1n) is 31.8. The second-order valence-electron chi connectivity index (χ2n) is 21.8. The summed E-state index contributed by atoms with van der Waals surface area (Å²) in [6.07, 6.45) is 75.8. The minimum absolute atomic E-state index is 0.0134. The quantitative estimate of drug-likeness (QED) is 0.0244. The van der Waals surface area contributed by atoms with Crippen LogP contribution in [0.15, 0.2) is 36.5 Å². The minimum atomic E-state index is -0.672. The van der Waals surface area contributed by atoms with E-state index in [9.17, 15) is 19.8 Å². The topological polar surface area (TPSA) is 95.9 Å². The summed E-state index contributed by atoms with van der Waals surface area (Å²) in [5, 5.41) is 23.3. The molecule has 0 fully saturated rings. The number of aliphatic hydroxyl groups is 2. The van der Waals surface area contributed by atoms with Gasteiger partial charge in [-0.3, -0.25) is 9.59 Å². The van der Waals surface area contributed by atoms with Crippen LogP contribution in [0.1, 0.15) is 341 Å². The maximum absolute atomic E-state index is 12.5. The highest BCUT2D eigenvalue weighted by atomic mass is 16.5. The maximum atomic E-state index is 12.5. The van der Waals surface area contributed by atoms with Crippen molar-refractivity contribution in [2.75, 3.05) is 13.2 Å². The Bertz CT molecular complexity index is 1150. The zero-order valence-electron chi connectivity index (χ0n) is 47.7. The molecular formula is C65H123NO5. The molecule has 0 radical (unpaired) electrons. The van der Waals surface area contributed by atoms with Gasteiger partial charge in [-0.1, -0.05) is 281 Å². The van der Waals surface area contributed by atoms with Crippen LogP contribution in [0.3, 0.4) is 0 Å². The number of esters is 1. The van der Waals surface area contributed by atoms with Gasteiger partial charge in [-0.05, 0) is 83.5 Å². The normalized spacial score (nSPS) is 12.8. The Balaban J connectivity index is 3.46. The van der Waals surface area contributed by atoms with Gasteiger partial charge in [0.1, 0.15) is 0 Å². The van der Waals surface area contributed by atoms with Gasteiger partial charge in [0.05, 0.1) is 25.4 Å². The van der Waals surface area contributed by atoms with E-state index in [1.54, 1.807) is 0 Å². The van der Waals surface area contributed by atoms with E-state index in [-0.39, 0.29) is 18.5 Å². The first kappa shape index (κ1) is 69.1. The number of nitrogens with one attached hydrogen (secondary N) is 1. The molecular weight excluding hydrogens is 875 g/mol. The van der Waals surface area contributed by atoms with E-state index in [4.69, 9.17) is 4.74 Å². The Kier molecular flexibility index (Phi) is 59.0. The van der Waals surface area contributed by atoms with Crippen LogP contribution in [0.4, 0.5) is 0 Å². The van der Waals surface area contributed by atoms with Crippen LogP contribution in [-0.4, -0.2) is 47.4 Å². The smallest absolute Gasteiger partial charge is 0.305 e. The largest absolute Gasteiger partial charge is 0.466 e. The number of hydrogen-bond acceptors (Lipinski definition) is 5. The van der Waals surface area contributed by atoms with Crippen LogP contribution in [0.2, 0.25) is 0 Å². The molecule has 0 aromatic carbocycles. The van der Waals surface area contributed by atoms with E-state index in [0.29, 0.717) is 25.9 Å². The molecule has 0 aliphatic heterocycles. The van der Waals surface area contributed by atoms with Gasteiger partial charge in [0, 0.05) is 12.8 Å². The van der Waals surface area contributed by atoms with Crippen LogP contribution in [-0.2, 0) is 14.3 Å². The molecule has 0 heterocycles. The number of amides is 1. The fourth-order valence-electron chi connectivity index (χ4n) is 9.80. The molecule has 418 valence electrons. The second-order valence-corrected chi connectivity index (χ2v) is 21.8. The lowest BCUT2D eigenvalue weighted by Crippen LogP contribution is -2.45. The number of unbranched alkanes of at least 4 members (excludes halogenated alkanes) is 43. The summed E-state index contributed by atoms with van der Waals surface area (Å²) in [7, 11) is 0. The molecule has 1 amide bonds. The zero-order chi connectivity index (χ0) is 51.4. The Morgan fingerprint density at radius 2 is 0.704 bits per heavy atom. The van der Waals surface area contributed by atoms with E-state index < -0.39 is 12.1 Å². The number of carbonyl (C=O) groups excluding carboxylic acids is 2. The molecule has 2 atom stereocenters. The number of ether oxygens (including phenoxy) is 1. The highest BCUT2D eigenvalue weighted by Crippen LogP contribution is 2.17. The average molecular weight is 999 g/mol. The molecule has 0 spiro atoms. The zero-order valence-corrected chi connectivity index (χ0v) is 47.7. The van der Waals surface area contributed by atoms with Crippen LogP contribution in [0, 0.1) is 0 Å². The predicted octanol–water partition coefficient (Wildman–Crippen LogP) is 20.0. The summed E-state index contributed by atoms with van der Waals surface area (Å²) >= 11 is 0. The molecule has 71 heavy (non-hydrogen) atoms. The number of hydrogen-bond donors (Lipinski definition) is 3. The van der Waals surface area contributed by atoms with Gasteiger partial charge < -0.3 is 20.3 Å². The lowest BCUT2D eigenvalue weighted by molar-refractivity contribution is -0.143. The fourth-order valence-corrected chi connectivity index (χ4v) is 9.80. The van der Waals surface area contributed by atoms with Crippen molar-refractivity contribution in [3.8, 4) is 0 Å². The molecule has 0 saturated heterocycles. The summed E-state index contributed by atoms with van der Waals surface area (Å²) in [5.74, 6) is -0.0566. The van der Waals surface area contributed by atoms with Crippen molar-refractivity contribution in [1.29, 1.82) is 0 Å². The van der Waals surface area contributed by atoms with Crippen molar-refractivity contribution in [1.82, 2.24) is 5.32 Å². The molecule has 0 aromatic heterocycles. The summed E-state index contributed by atoms with van der Waals surface area (Å²) < 4.78 is 5.47. The molecule has 0 aliphatic carbocycles. The summed E-state index contributed by atoms with van der Waals surface area (Å²) in [6, 6.07) is -0.550. The fraction of sp³-hybridized carbons (Fsp3) is 0.877.